The van der Waals surface area contributed by atoms with E-state index in [2.05, 4.69) is 74.0 Å². The van der Waals surface area contributed by atoms with Crippen molar-refractivity contribution in [2.24, 2.45) is 5.92 Å². The fraction of sp³-hybridized carbons (Fsp3) is 0.423. The number of amides is 1. The Bertz CT molecular complexity index is 966. The average molecular weight is 391 g/mol. The summed E-state index contributed by atoms with van der Waals surface area (Å²) >= 11 is 0. The topological polar surface area (TPSA) is 34.0 Å². The maximum Gasteiger partial charge on any atom is 0.251 e. The maximum absolute atomic E-state index is 12.9. The molecule has 0 unspecified atom stereocenters. The average Bonchev–Trinajstić information content (AvgIpc) is 3.00. The van der Waals surface area contributed by atoms with E-state index in [0.717, 1.165) is 24.0 Å². The number of nitrogens with zero attached hydrogens (tertiary/aromatic N) is 1. The van der Waals surface area contributed by atoms with Crippen molar-refractivity contribution in [3.63, 3.8) is 0 Å². The maximum atomic E-state index is 12.9. The van der Waals surface area contributed by atoms with Crippen LogP contribution in [0.4, 0.5) is 0 Å². The number of aryl methyl sites for hydroxylation is 2. The van der Waals surface area contributed by atoms with E-state index >= 15 is 0 Å². The molecule has 1 N–H and O–H groups in total. The van der Waals surface area contributed by atoms with Crippen LogP contribution in [-0.4, -0.2) is 10.5 Å². The fourth-order valence-electron chi connectivity index (χ4n) is 3.86. The molecule has 0 aliphatic rings. The zero-order chi connectivity index (χ0) is 21.0. The zero-order valence-electron chi connectivity index (χ0n) is 18.5. The third kappa shape index (κ3) is 5.09. The summed E-state index contributed by atoms with van der Waals surface area (Å²) in [6.45, 7) is 11.8. The molecular formula is C26H34N2O. The Morgan fingerprint density at radius 2 is 1.76 bits per heavy atom. The zero-order valence-corrected chi connectivity index (χ0v) is 18.5. The Balaban J connectivity index is 1.75. The van der Waals surface area contributed by atoms with Gasteiger partial charge in [0, 0.05) is 23.3 Å². The van der Waals surface area contributed by atoms with Crippen molar-refractivity contribution in [2.45, 2.75) is 66.5 Å². The van der Waals surface area contributed by atoms with Gasteiger partial charge in [-0.15, -0.1) is 0 Å². The molecule has 3 rings (SSSR count). The molecule has 1 heterocycles. The Kier molecular flexibility index (Phi) is 6.79. The molecule has 1 amide bonds. The van der Waals surface area contributed by atoms with Crippen molar-refractivity contribution < 1.29 is 4.79 Å². The normalized spacial score (nSPS) is 12.5. The Labute approximate surface area is 175 Å². The number of hydrogen-bond acceptors (Lipinski definition) is 1. The molecule has 2 aromatic carbocycles. The number of fused-ring (bicyclic) bond motifs is 1. The molecule has 0 saturated heterocycles. The van der Waals surface area contributed by atoms with Gasteiger partial charge in [0.15, 0.2) is 0 Å². The summed E-state index contributed by atoms with van der Waals surface area (Å²) in [5.41, 5.74) is 5.59. The summed E-state index contributed by atoms with van der Waals surface area (Å²) in [4.78, 5) is 12.9. The molecule has 0 saturated carbocycles. The van der Waals surface area contributed by atoms with Crippen molar-refractivity contribution >= 4 is 16.8 Å². The first-order valence-electron chi connectivity index (χ1n) is 10.9. The van der Waals surface area contributed by atoms with E-state index in [-0.39, 0.29) is 11.9 Å². The number of carbonyl (C=O) groups is 1. The van der Waals surface area contributed by atoms with Crippen LogP contribution in [-0.2, 0) is 13.0 Å². The van der Waals surface area contributed by atoms with Gasteiger partial charge >= 0.3 is 0 Å². The SMILES string of the molecule is CCCCc1ccc([C@H](C)NC(=O)c2ccc3cc(C)n(CC(C)C)c3c2)cc1. The molecule has 154 valence electrons. The number of nitrogens with one attached hydrogen (secondary N) is 1. The molecule has 3 nitrogen and oxygen atoms in total. The fourth-order valence-corrected chi connectivity index (χ4v) is 3.86. The van der Waals surface area contributed by atoms with E-state index in [0.29, 0.717) is 11.5 Å². The van der Waals surface area contributed by atoms with Crippen LogP contribution in [0.5, 0.6) is 0 Å². The molecule has 0 aliphatic carbocycles. The third-order valence-corrected chi connectivity index (χ3v) is 5.57. The van der Waals surface area contributed by atoms with E-state index in [4.69, 9.17) is 0 Å². The third-order valence-electron chi connectivity index (χ3n) is 5.57. The lowest BCUT2D eigenvalue weighted by atomic mass is 10.0. The highest BCUT2D eigenvalue weighted by atomic mass is 16.1. The lowest BCUT2D eigenvalue weighted by molar-refractivity contribution is 0.0940. The lowest BCUT2D eigenvalue weighted by Crippen LogP contribution is -2.26. The van der Waals surface area contributed by atoms with Crippen LogP contribution < -0.4 is 5.32 Å². The monoisotopic (exact) mass is 390 g/mol. The molecular weight excluding hydrogens is 356 g/mol. The highest BCUT2D eigenvalue weighted by Crippen LogP contribution is 2.23. The van der Waals surface area contributed by atoms with Crippen molar-refractivity contribution in [1.82, 2.24) is 9.88 Å². The van der Waals surface area contributed by atoms with E-state index in [9.17, 15) is 4.79 Å². The molecule has 29 heavy (non-hydrogen) atoms. The van der Waals surface area contributed by atoms with Gasteiger partial charge in [0.25, 0.3) is 5.91 Å². The molecule has 3 aromatic rings. The van der Waals surface area contributed by atoms with E-state index in [1.807, 2.05) is 19.1 Å². The summed E-state index contributed by atoms with van der Waals surface area (Å²) in [7, 11) is 0. The van der Waals surface area contributed by atoms with E-state index in [1.54, 1.807) is 0 Å². The van der Waals surface area contributed by atoms with Crippen molar-refractivity contribution in [3.8, 4) is 0 Å². The predicted octanol–water partition coefficient (Wildman–Crippen LogP) is 6.44. The summed E-state index contributed by atoms with van der Waals surface area (Å²) in [5.74, 6) is 0.534. The van der Waals surface area contributed by atoms with Crippen LogP contribution >= 0.6 is 0 Å². The smallest absolute Gasteiger partial charge is 0.251 e. The molecule has 0 aliphatic heterocycles. The minimum absolute atomic E-state index is 0.0237. The molecule has 0 radical (unpaired) electrons. The van der Waals surface area contributed by atoms with Crippen molar-refractivity contribution in [3.05, 3.63) is 70.9 Å². The first-order chi connectivity index (χ1) is 13.9. The van der Waals surface area contributed by atoms with Crippen LogP contribution in [0.3, 0.4) is 0 Å². The van der Waals surface area contributed by atoms with Gasteiger partial charge in [-0.1, -0.05) is 57.5 Å². The number of rotatable bonds is 8. The van der Waals surface area contributed by atoms with Crippen LogP contribution in [0, 0.1) is 12.8 Å². The molecule has 0 fully saturated rings. The second-order valence-electron chi connectivity index (χ2n) is 8.60. The van der Waals surface area contributed by atoms with Gasteiger partial charge in [-0.3, -0.25) is 4.79 Å². The van der Waals surface area contributed by atoms with Crippen LogP contribution in [0.25, 0.3) is 10.9 Å². The molecule has 0 bridgehead atoms. The summed E-state index contributed by atoms with van der Waals surface area (Å²) in [6.07, 6.45) is 3.54. The first-order valence-corrected chi connectivity index (χ1v) is 10.9. The quantitative estimate of drug-likeness (QED) is 0.472. The van der Waals surface area contributed by atoms with Gasteiger partial charge < -0.3 is 9.88 Å². The summed E-state index contributed by atoms with van der Waals surface area (Å²) < 4.78 is 2.31. The van der Waals surface area contributed by atoms with Gasteiger partial charge in [-0.2, -0.15) is 0 Å². The van der Waals surface area contributed by atoms with Gasteiger partial charge in [0.2, 0.25) is 0 Å². The summed E-state index contributed by atoms with van der Waals surface area (Å²) in [5, 5.41) is 4.35. The number of aromatic nitrogens is 1. The largest absolute Gasteiger partial charge is 0.346 e. The standard InChI is InChI=1S/C26H34N2O/c1-6-7-8-21-9-11-22(12-10-21)20(5)27-26(29)24-14-13-23-15-19(4)28(17-18(2)3)25(23)16-24/h9-16,18,20H,6-8,17H2,1-5H3,(H,27,29)/t20-/m0/s1. The van der Waals surface area contributed by atoms with Gasteiger partial charge in [0.1, 0.15) is 0 Å². The second-order valence-corrected chi connectivity index (χ2v) is 8.60. The van der Waals surface area contributed by atoms with Gasteiger partial charge in [-0.25, -0.2) is 0 Å². The highest BCUT2D eigenvalue weighted by Gasteiger charge is 2.14. The number of hydrogen-bond donors (Lipinski definition) is 1. The number of carbonyl (C=O) groups excluding carboxylic acids is 1. The van der Waals surface area contributed by atoms with Crippen molar-refractivity contribution in [1.29, 1.82) is 0 Å². The van der Waals surface area contributed by atoms with Gasteiger partial charge in [0.05, 0.1) is 6.04 Å². The Morgan fingerprint density at radius 3 is 2.41 bits per heavy atom. The first kappa shape index (κ1) is 21.2. The number of benzene rings is 2. The minimum Gasteiger partial charge on any atom is -0.346 e. The predicted molar refractivity (Wildman–Crippen MR) is 122 cm³/mol. The summed E-state index contributed by atoms with van der Waals surface area (Å²) in [6, 6.07) is 16.8. The van der Waals surface area contributed by atoms with Crippen LogP contribution in [0.15, 0.2) is 48.5 Å². The van der Waals surface area contributed by atoms with E-state index < -0.39 is 0 Å². The van der Waals surface area contributed by atoms with E-state index in [1.165, 1.54) is 29.5 Å². The Hall–Kier alpha value is -2.55. The minimum atomic E-state index is -0.0254. The lowest BCUT2D eigenvalue weighted by Gasteiger charge is -2.16. The van der Waals surface area contributed by atoms with Gasteiger partial charge in [-0.05, 0) is 67.3 Å². The second kappa shape index (κ2) is 9.30. The van der Waals surface area contributed by atoms with Crippen LogP contribution in [0.2, 0.25) is 0 Å². The number of unbranched alkanes of at least 4 members (excludes halogenated alkanes) is 1. The Morgan fingerprint density at radius 1 is 1.03 bits per heavy atom. The molecule has 1 aromatic heterocycles. The van der Waals surface area contributed by atoms with Crippen LogP contribution in [0.1, 0.15) is 73.8 Å². The highest BCUT2D eigenvalue weighted by molar-refractivity contribution is 5.98. The molecule has 3 heteroatoms. The molecule has 0 spiro atoms. The van der Waals surface area contributed by atoms with Crippen molar-refractivity contribution in [2.75, 3.05) is 0 Å². The molecule has 1 atom stereocenters.